The SMILES string of the molecule is CCN(CC)Cc1cc(CN)ccc1OC. The summed E-state index contributed by atoms with van der Waals surface area (Å²) in [5, 5.41) is 0. The van der Waals surface area contributed by atoms with Crippen LogP contribution in [0, 0.1) is 0 Å². The third kappa shape index (κ3) is 3.22. The van der Waals surface area contributed by atoms with Crippen LogP contribution in [0.25, 0.3) is 0 Å². The summed E-state index contributed by atoms with van der Waals surface area (Å²) in [5.74, 6) is 0.948. The van der Waals surface area contributed by atoms with Crippen molar-refractivity contribution in [2.75, 3.05) is 20.2 Å². The van der Waals surface area contributed by atoms with E-state index in [2.05, 4.69) is 24.8 Å². The second-order valence-electron chi connectivity index (χ2n) is 3.81. The van der Waals surface area contributed by atoms with Gasteiger partial charge >= 0.3 is 0 Å². The number of hydrogen-bond donors (Lipinski definition) is 1. The first-order chi connectivity index (χ1) is 7.74. The molecule has 0 aliphatic carbocycles. The van der Waals surface area contributed by atoms with Crippen LogP contribution in [-0.2, 0) is 13.1 Å². The number of benzene rings is 1. The van der Waals surface area contributed by atoms with E-state index in [4.69, 9.17) is 10.5 Å². The van der Waals surface area contributed by atoms with E-state index in [1.54, 1.807) is 7.11 Å². The van der Waals surface area contributed by atoms with Crippen LogP contribution in [0.1, 0.15) is 25.0 Å². The Morgan fingerprint density at radius 2 is 1.94 bits per heavy atom. The van der Waals surface area contributed by atoms with Gasteiger partial charge in [-0.1, -0.05) is 19.9 Å². The Balaban J connectivity index is 2.90. The molecule has 0 spiro atoms. The molecule has 0 bridgehead atoms. The fraction of sp³-hybridized carbons (Fsp3) is 0.538. The Hall–Kier alpha value is -1.06. The summed E-state index contributed by atoms with van der Waals surface area (Å²) in [6.07, 6.45) is 0. The standard InChI is InChI=1S/C13H22N2O/c1-4-15(5-2)10-12-8-11(9-14)6-7-13(12)16-3/h6-8H,4-5,9-10,14H2,1-3H3. The highest BCUT2D eigenvalue weighted by atomic mass is 16.5. The summed E-state index contributed by atoms with van der Waals surface area (Å²) in [4.78, 5) is 2.36. The first kappa shape index (κ1) is 13.0. The molecule has 0 fully saturated rings. The normalized spacial score (nSPS) is 10.8. The van der Waals surface area contributed by atoms with E-state index < -0.39 is 0 Å². The third-order valence-corrected chi connectivity index (χ3v) is 2.87. The lowest BCUT2D eigenvalue weighted by atomic mass is 10.1. The van der Waals surface area contributed by atoms with E-state index in [0.717, 1.165) is 30.9 Å². The van der Waals surface area contributed by atoms with Gasteiger partial charge in [-0.05, 0) is 30.8 Å². The van der Waals surface area contributed by atoms with Gasteiger partial charge in [-0.25, -0.2) is 0 Å². The van der Waals surface area contributed by atoms with Crippen LogP contribution in [0.2, 0.25) is 0 Å². The molecule has 3 nitrogen and oxygen atoms in total. The van der Waals surface area contributed by atoms with Gasteiger partial charge in [0, 0.05) is 18.7 Å². The monoisotopic (exact) mass is 222 g/mol. The van der Waals surface area contributed by atoms with Gasteiger partial charge in [-0.2, -0.15) is 0 Å². The van der Waals surface area contributed by atoms with Gasteiger partial charge < -0.3 is 10.5 Å². The van der Waals surface area contributed by atoms with Crippen molar-refractivity contribution in [3.05, 3.63) is 29.3 Å². The zero-order valence-corrected chi connectivity index (χ0v) is 10.5. The van der Waals surface area contributed by atoms with Crippen LogP contribution < -0.4 is 10.5 Å². The van der Waals surface area contributed by atoms with Gasteiger partial charge in [-0.15, -0.1) is 0 Å². The molecular formula is C13H22N2O. The van der Waals surface area contributed by atoms with E-state index >= 15 is 0 Å². The summed E-state index contributed by atoms with van der Waals surface area (Å²) in [6.45, 7) is 7.93. The van der Waals surface area contributed by atoms with Crippen LogP contribution in [0.15, 0.2) is 18.2 Å². The molecule has 1 aromatic rings. The number of hydrogen-bond acceptors (Lipinski definition) is 3. The van der Waals surface area contributed by atoms with Gasteiger partial charge in [0.1, 0.15) is 5.75 Å². The van der Waals surface area contributed by atoms with Gasteiger partial charge in [0.05, 0.1) is 7.11 Å². The van der Waals surface area contributed by atoms with Crippen LogP contribution in [0.4, 0.5) is 0 Å². The van der Waals surface area contributed by atoms with E-state index in [9.17, 15) is 0 Å². The average molecular weight is 222 g/mol. The smallest absolute Gasteiger partial charge is 0.123 e. The molecule has 0 heterocycles. The first-order valence-electron chi connectivity index (χ1n) is 5.83. The molecule has 0 unspecified atom stereocenters. The van der Waals surface area contributed by atoms with Gasteiger partial charge in [0.15, 0.2) is 0 Å². The fourth-order valence-corrected chi connectivity index (χ4v) is 1.77. The molecule has 0 saturated heterocycles. The second kappa shape index (κ2) is 6.51. The summed E-state index contributed by atoms with van der Waals surface area (Å²) in [7, 11) is 1.71. The largest absolute Gasteiger partial charge is 0.496 e. The molecule has 0 radical (unpaired) electrons. The van der Waals surface area contributed by atoms with Crippen molar-refractivity contribution < 1.29 is 4.74 Å². The summed E-state index contributed by atoms with van der Waals surface area (Å²) < 4.78 is 5.37. The molecule has 1 aromatic carbocycles. The molecule has 2 N–H and O–H groups in total. The Morgan fingerprint density at radius 1 is 1.25 bits per heavy atom. The van der Waals surface area contributed by atoms with Crippen LogP contribution in [0.3, 0.4) is 0 Å². The summed E-state index contributed by atoms with van der Waals surface area (Å²) in [5.41, 5.74) is 8.02. The zero-order valence-electron chi connectivity index (χ0n) is 10.5. The highest BCUT2D eigenvalue weighted by molar-refractivity contribution is 5.37. The minimum atomic E-state index is 0.579. The molecule has 0 atom stereocenters. The Bertz CT molecular complexity index is 322. The highest BCUT2D eigenvalue weighted by Crippen LogP contribution is 2.21. The number of methoxy groups -OCH3 is 1. The lowest BCUT2D eigenvalue weighted by Gasteiger charge is -2.20. The number of nitrogens with two attached hydrogens (primary N) is 1. The summed E-state index contributed by atoms with van der Waals surface area (Å²) >= 11 is 0. The number of rotatable bonds is 6. The first-order valence-corrected chi connectivity index (χ1v) is 5.83. The van der Waals surface area contributed by atoms with E-state index in [1.165, 1.54) is 5.56 Å². The van der Waals surface area contributed by atoms with Crippen molar-refractivity contribution in [3.63, 3.8) is 0 Å². The molecule has 3 heteroatoms. The third-order valence-electron chi connectivity index (χ3n) is 2.87. The maximum Gasteiger partial charge on any atom is 0.123 e. The number of nitrogens with zero attached hydrogens (tertiary/aromatic N) is 1. The topological polar surface area (TPSA) is 38.5 Å². The highest BCUT2D eigenvalue weighted by Gasteiger charge is 2.07. The van der Waals surface area contributed by atoms with Gasteiger partial charge in [0.2, 0.25) is 0 Å². The lowest BCUT2D eigenvalue weighted by molar-refractivity contribution is 0.289. The van der Waals surface area contributed by atoms with Crippen molar-refractivity contribution in [1.82, 2.24) is 4.90 Å². The molecule has 1 rings (SSSR count). The second-order valence-corrected chi connectivity index (χ2v) is 3.81. The van der Waals surface area contributed by atoms with E-state index in [1.807, 2.05) is 12.1 Å². The quantitative estimate of drug-likeness (QED) is 0.800. The van der Waals surface area contributed by atoms with Crippen molar-refractivity contribution in [2.24, 2.45) is 5.73 Å². The summed E-state index contributed by atoms with van der Waals surface area (Å²) in [6, 6.07) is 6.16. The molecule has 16 heavy (non-hydrogen) atoms. The molecule has 0 aliphatic rings. The maximum absolute atomic E-state index is 5.65. The van der Waals surface area contributed by atoms with Crippen LogP contribution >= 0.6 is 0 Å². The van der Waals surface area contributed by atoms with Gasteiger partial charge in [0.25, 0.3) is 0 Å². The molecule has 0 amide bonds. The molecular weight excluding hydrogens is 200 g/mol. The van der Waals surface area contributed by atoms with Crippen molar-refractivity contribution in [1.29, 1.82) is 0 Å². The Labute approximate surface area is 98.2 Å². The minimum absolute atomic E-state index is 0.579. The number of ether oxygens (including phenoxy) is 1. The van der Waals surface area contributed by atoms with E-state index in [0.29, 0.717) is 6.54 Å². The van der Waals surface area contributed by atoms with Crippen molar-refractivity contribution in [2.45, 2.75) is 26.9 Å². The van der Waals surface area contributed by atoms with Crippen molar-refractivity contribution in [3.8, 4) is 5.75 Å². The zero-order chi connectivity index (χ0) is 12.0. The lowest BCUT2D eigenvalue weighted by Crippen LogP contribution is -2.22. The minimum Gasteiger partial charge on any atom is -0.496 e. The molecule has 0 aliphatic heterocycles. The molecule has 0 saturated carbocycles. The molecule has 90 valence electrons. The van der Waals surface area contributed by atoms with Crippen LogP contribution in [-0.4, -0.2) is 25.1 Å². The van der Waals surface area contributed by atoms with E-state index in [-0.39, 0.29) is 0 Å². The predicted octanol–water partition coefficient (Wildman–Crippen LogP) is 2.00. The molecule has 0 aromatic heterocycles. The average Bonchev–Trinajstić information content (AvgIpc) is 2.35. The fourth-order valence-electron chi connectivity index (χ4n) is 1.77. The van der Waals surface area contributed by atoms with Crippen molar-refractivity contribution >= 4 is 0 Å². The van der Waals surface area contributed by atoms with Crippen LogP contribution in [0.5, 0.6) is 5.75 Å². The van der Waals surface area contributed by atoms with Gasteiger partial charge in [-0.3, -0.25) is 4.90 Å². The predicted molar refractivity (Wildman–Crippen MR) is 67.5 cm³/mol. The Morgan fingerprint density at radius 3 is 2.44 bits per heavy atom. The Kier molecular flexibility index (Phi) is 5.29. The maximum atomic E-state index is 5.65.